The molecule has 0 atom stereocenters. The summed E-state index contributed by atoms with van der Waals surface area (Å²) in [6.45, 7) is 12.9. The Morgan fingerprint density at radius 1 is 1.20 bits per heavy atom. The van der Waals surface area contributed by atoms with Crippen LogP contribution >= 0.6 is 0 Å². The average molecular weight is 373 g/mol. The Labute approximate surface area is 148 Å². The molecule has 1 aromatic rings. The Morgan fingerprint density at radius 3 is 2.48 bits per heavy atom. The van der Waals surface area contributed by atoms with E-state index in [0.717, 1.165) is 18.6 Å². The van der Waals surface area contributed by atoms with Gasteiger partial charge in [0.05, 0.1) is 10.9 Å². The van der Waals surface area contributed by atoms with E-state index in [2.05, 4.69) is 38.9 Å². The zero-order chi connectivity index (χ0) is 18.9. The van der Waals surface area contributed by atoms with Crippen LogP contribution in [0, 0.1) is 0 Å². The molecule has 1 heterocycles. The van der Waals surface area contributed by atoms with E-state index in [1.807, 2.05) is 4.90 Å². The van der Waals surface area contributed by atoms with Gasteiger partial charge in [0.2, 0.25) is 0 Å². The lowest BCUT2D eigenvalue weighted by Gasteiger charge is -2.36. The molecule has 0 aliphatic carbocycles. The smallest absolute Gasteiger partial charge is 0.416 e. The SMILES string of the molecule is CC(C)(C)[Si](C)(C)OCCCN1C=c2cc(C(F)(F)F)ccc2=NC1. The second kappa shape index (κ2) is 7.11. The molecule has 2 rings (SSSR count). The van der Waals surface area contributed by atoms with Gasteiger partial charge < -0.3 is 9.33 Å². The number of halogens is 3. The van der Waals surface area contributed by atoms with Gasteiger partial charge in [0, 0.05) is 24.6 Å². The van der Waals surface area contributed by atoms with Gasteiger partial charge in [-0.25, -0.2) is 0 Å². The van der Waals surface area contributed by atoms with Crippen LogP contribution in [-0.4, -0.2) is 33.0 Å². The van der Waals surface area contributed by atoms with Crippen molar-refractivity contribution < 1.29 is 17.6 Å². The van der Waals surface area contributed by atoms with Gasteiger partial charge in [0.25, 0.3) is 0 Å². The lowest BCUT2D eigenvalue weighted by Crippen LogP contribution is -2.41. The third-order valence-electron chi connectivity index (χ3n) is 4.96. The molecule has 0 spiro atoms. The fourth-order valence-corrected chi connectivity index (χ4v) is 3.42. The zero-order valence-corrected chi connectivity index (χ0v) is 16.6. The molecule has 140 valence electrons. The van der Waals surface area contributed by atoms with E-state index in [1.54, 1.807) is 6.20 Å². The Hall–Kier alpha value is -1.34. The first-order chi connectivity index (χ1) is 11.4. The number of nitrogens with zero attached hydrogens (tertiary/aromatic N) is 2. The van der Waals surface area contributed by atoms with Gasteiger partial charge in [0.1, 0.15) is 6.67 Å². The predicted molar refractivity (Wildman–Crippen MR) is 96.0 cm³/mol. The fourth-order valence-electron chi connectivity index (χ4n) is 2.33. The van der Waals surface area contributed by atoms with Gasteiger partial charge in [-0.1, -0.05) is 20.8 Å². The van der Waals surface area contributed by atoms with Crippen molar-refractivity contribution >= 4 is 14.5 Å². The van der Waals surface area contributed by atoms with Gasteiger partial charge in [-0.3, -0.25) is 4.99 Å². The molecule has 3 nitrogen and oxygen atoms in total. The molecule has 0 radical (unpaired) electrons. The highest BCUT2D eigenvalue weighted by Gasteiger charge is 2.36. The summed E-state index contributed by atoms with van der Waals surface area (Å²) < 4.78 is 44.7. The summed E-state index contributed by atoms with van der Waals surface area (Å²) in [4.78, 5) is 6.30. The maximum atomic E-state index is 12.8. The molecule has 1 aromatic carbocycles. The topological polar surface area (TPSA) is 24.8 Å². The van der Waals surface area contributed by atoms with Crippen LogP contribution < -0.4 is 10.6 Å². The number of alkyl halides is 3. The molecule has 0 unspecified atom stereocenters. The molecule has 1 aliphatic rings. The van der Waals surface area contributed by atoms with Crippen molar-refractivity contribution in [1.29, 1.82) is 0 Å². The molecule has 0 N–H and O–H groups in total. The van der Waals surface area contributed by atoms with Crippen LogP contribution in [0.3, 0.4) is 0 Å². The van der Waals surface area contributed by atoms with Crippen LogP contribution in [-0.2, 0) is 10.6 Å². The molecule has 0 saturated heterocycles. The van der Waals surface area contributed by atoms with Crippen molar-refractivity contribution in [3.8, 4) is 0 Å². The van der Waals surface area contributed by atoms with Crippen molar-refractivity contribution in [2.24, 2.45) is 4.99 Å². The molecular weight excluding hydrogens is 345 g/mol. The van der Waals surface area contributed by atoms with Crippen molar-refractivity contribution in [3.05, 3.63) is 34.3 Å². The molecule has 7 heteroatoms. The summed E-state index contributed by atoms with van der Waals surface area (Å²) >= 11 is 0. The van der Waals surface area contributed by atoms with Crippen molar-refractivity contribution in [2.75, 3.05) is 19.8 Å². The largest absolute Gasteiger partial charge is 0.417 e. The first-order valence-corrected chi connectivity index (χ1v) is 11.4. The molecule has 0 amide bonds. The van der Waals surface area contributed by atoms with Gasteiger partial charge >= 0.3 is 6.18 Å². The number of rotatable bonds is 5. The molecule has 0 aromatic heterocycles. The van der Waals surface area contributed by atoms with Crippen LogP contribution in [0.4, 0.5) is 13.2 Å². The van der Waals surface area contributed by atoms with Crippen molar-refractivity contribution in [3.63, 3.8) is 0 Å². The van der Waals surface area contributed by atoms with E-state index in [-0.39, 0.29) is 5.04 Å². The van der Waals surface area contributed by atoms with Gasteiger partial charge in [-0.15, -0.1) is 0 Å². The summed E-state index contributed by atoms with van der Waals surface area (Å²) in [6.07, 6.45) is -1.74. The number of hydrogen-bond acceptors (Lipinski definition) is 3. The Balaban J connectivity index is 1.97. The second-order valence-electron chi connectivity index (χ2n) is 7.97. The first-order valence-electron chi connectivity index (χ1n) is 8.52. The minimum Gasteiger partial charge on any atom is -0.417 e. The summed E-state index contributed by atoms with van der Waals surface area (Å²) in [7, 11) is -1.75. The predicted octanol–water partition coefficient (Wildman–Crippen LogP) is 3.75. The van der Waals surface area contributed by atoms with Crippen molar-refractivity contribution in [2.45, 2.75) is 51.5 Å². The van der Waals surface area contributed by atoms with Gasteiger partial charge in [-0.05, 0) is 42.8 Å². The third kappa shape index (κ3) is 5.07. The summed E-state index contributed by atoms with van der Waals surface area (Å²) in [5.41, 5.74) is -0.638. The van der Waals surface area contributed by atoms with E-state index in [4.69, 9.17) is 4.43 Å². The average Bonchev–Trinajstić information content (AvgIpc) is 2.49. The molecule has 0 saturated carbocycles. The van der Waals surface area contributed by atoms with Crippen molar-refractivity contribution in [1.82, 2.24) is 4.90 Å². The molecular formula is C18H27F3N2OSi. The number of fused-ring (bicyclic) bond motifs is 1. The van der Waals surface area contributed by atoms with E-state index in [9.17, 15) is 13.2 Å². The number of hydrogen-bond donors (Lipinski definition) is 0. The van der Waals surface area contributed by atoms with Crippen LogP contribution in [0.2, 0.25) is 18.1 Å². The second-order valence-corrected chi connectivity index (χ2v) is 12.8. The van der Waals surface area contributed by atoms with E-state index < -0.39 is 20.1 Å². The van der Waals surface area contributed by atoms with Crippen LogP contribution in [0.5, 0.6) is 0 Å². The summed E-state index contributed by atoms with van der Waals surface area (Å²) in [5, 5.41) is 1.31. The highest BCUT2D eigenvalue weighted by atomic mass is 28.4. The van der Waals surface area contributed by atoms with Gasteiger partial charge in [0.15, 0.2) is 8.32 Å². The Kier molecular flexibility index (Phi) is 5.68. The van der Waals surface area contributed by atoms with Crippen LogP contribution in [0.25, 0.3) is 6.20 Å². The van der Waals surface area contributed by atoms with E-state index in [0.29, 0.717) is 30.4 Å². The number of benzene rings is 1. The Morgan fingerprint density at radius 2 is 1.88 bits per heavy atom. The Bertz CT molecular complexity index is 723. The zero-order valence-electron chi connectivity index (χ0n) is 15.6. The van der Waals surface area contributed by atoms with Crippen LogP contribution in [0.1, 0.15) is 32.8 Å². The van der Waals surface area contributed by atoms with E-state index in [1.165, 1.54) is 6.07 Å². The standard InChI is InChI=1S/C18H27F3N2OSi/c1-17(2,3)25(4,5)24-10-6-9-23-12-14-11-15(18(19,20)21)7-8-16(14)22-13-23/h7-8,11-12H,6,9-10,13H2,1-5H3. The highest BCUT2D eigenvalue weighted by Crippen LogP contribution is 2.36. The summed E-state index contributed by atoms with van der Waals surface area (Å²) in [5.74, 6) is 0. The lowest BCUT2D eigenvalue weighted by atomic mass is 10.1. The normalized spacial score (nSPS) is 15.4. The van der Waals surface area contributed by atoms with E-state index >= 15 is 0 Å². The maximum absolute atomic E-state index is 12.8. The summed E-state index contributed by atoms with van der Waals surface area (Å²) in [6, 6.07) is 3.68. The minimum absolute atomic E-state index is 0.173. The highest BCUT2D eigenvalue weighted by molar-refractivity contribution is 6.74. The lowest BCUT2D eigenvalue weighted by molar-refractivity contribution is -0.137. The first kappa shape index (κ1) is 20.0. The van der Waals surface area contributed by atoms with Gasteiger partial charge in [-0.2, -0.15) is 13.2 Å². The maximum Gasteiger partial charge on any atom is 0.416 e. The quantitative estimate of drug-likeness (QED) is 0.581. The molecule has 1 aliphatic heterocycles. The van der Waals surface area contributed by atoms with Crippen LogP contribution in [0.15, 0.2) is 23.2 Å². The monoisotopic (exact) mass is 372 g/mol. The third-order valence-corrected chi connectivity index (χ3v) is 9.50. The molecule has 0 fully saturated rings. The molecule has 0 bridgehead atoms. The minimum atomic E-state index is -4.33. The fraction of sp³-hybridized carbons (Fsp3) is 0.611. The molecule has 25 heavy (non-hydrogen) atoms.